The van der Waals surface area contributed by atoms with Crippen molar-refractivity contribution in [2.24, 2.45) is 11.8 Å². The number of unbranched alkanes of at least 4 members (excludes halogenated alkanes) is 41. The molecule has 0 aliphatic rings. The summed E-state index contributed by atoms with van der Waals surface area (Å²) in [5, 5.41) is 0. The van der Waals surface area contributed by atoms with Crippen molar-refractivity contribution in [3.8, 4) is 0 Å². The molecule has 0 saturated carbocycles. The van der Waals surface area contributed by atoms with E-state index in [0.717, 1.165) is 69.6 Å². The van der Waals surface area contributed by atoms with E-state index in [1.807, 2.05) is 0 Å². The van der Waals surface area contributed by atoms with Crippen molar-refractivity contribution in [2.45, 2.75) is 362 Å². The number of hydrogen-bond donors (Lipinski definition) is 0. The van der Waals surface area contributed by atoms with Crippen LogP contribution >= 0.6 is 0 Å². The van der Waals surface area contributed by atoms with Crippen LogP contribution in [0.1, 0.15) is 356 Å². The highest BCUT2D eigenvalue weighted by Crippen LogP contribution is 2.19. The largest absolute Gasteiger partial charge is 0.462 e. The van der Waals surface area contributed by atoms with Gasteiger partial charge in [-0.15, -0.1) is 0 Å². The fraction of sp³-hybridized carbons (Fsp3) is 0.952. The Balaban J connectivity index is 4.27. The van der Waals surface area contributed by atoms with E-state index in [4.69, 9.17) is 14.2 Å². The van der Waals surface area contributed by atoms with E-state index in [1.54, 1.807) is 0 Å². The molecule has 6 nitrogen and oxygen atoms in total. The van der Waals surface area contributed by atoms with Crippen LogP contribution in [0.15, 0.2) is 0 Å². The highest BCUT2D eigenvalue weighted by molar-refractivity contribution is 5.71. The third-order valence-electron chi connectivity index (χ3n) is 14.8. The quantitative estimate of drug-likeness (QED) is 0.0343. The van der Waals surface area contributed by atoms with E-state index in [0.29, 0.717) is 19.3 Å². The molecule has 0 heterocycles. The van der Waals surface area contributed by atoms with Gasteiger partial charge in [-0.25, -0.2) is 0 Å². The summed E-state index contributed by atoms with van der Waals surface area (Å²) in [6.45, 7) is 11.5. The molecule has 0 saturated heterocycles. The van der Waals surface area contributed by atoms with Crippen LogP contribution in [0.2, 0.25) is 0 Å². The molecule has 0 aromatic rings. The van der Waals surface area contributed by atoms with Crippen molar-refractivity contribution in [3.05, 3.63) is 0 Å². The molecule has 0 aromatic heterocycles. The highest BCUT2D eigenvalue weighted by Gasteiger charge is 2.19. The summed E-state index contributed by atoms with van der Waals surface area (Å²) in [7, 11) is 0. The lowest BCUT2D eigenvalue weighted by molar-refractivity contribution is -0.167. The van der Waals surface area contributed by atoms with Gasteiger partial charge in [-0.05, 0) is 31.1 Å². The van der Waals surface area contributed by atoms with Gasteiger partial charge in [0, 0.05) is 19.3 Å². The van der Waals surface area contributed by atoms with Crippen molar-refractivity contribution >= 4 is 17.9 Å². The number of hydrogen-bond acceptors (Lipinski definition) is 6. The van der Waals surface area contributed by atoms with Crippen LogP contribution in [0.3, 0.4) is 0 Å². The molecule has 6 heteroatoms. The summed E-state index contributed by atoms with van der Waals surface area (Å²) in [5.41, 5.74) is 0. The maximum Gasteiger partial charge on any atom is 0.306 e. The van der Waals surface area contributed by atoms with Crippen LogP contribution in [0.25, 0.3) is 0 Å². The molecule has 0 N–H and O–H groups in total. The Morgan fingerprint density at radius 1 is 0.304 bits per heavy atom. The molecule has 0 aliphatic heterocycles. The second kappa shape index (κ2) is 55.7. The highest BCUT2D eigenvalue weighted by atomic mass is 16.6. The van der Waals surface area contributed by atoms with Crippen molar-refractivity contribution in [1.82, 2.24) is 0 Å². The van der Waals surface area contributed by atoms with E-state index in [2.05, 4.69) is 34.6 Å². The van der Waals surface area contributed by atoms with Gasteiger partial charge in [0.25, 0.3) is 0 Å². The van der Waals surface area contributed by atoms with Gasteiger partial charge in [-0.1, -0.05) is 317 Å². The first kappa shape index (κ1) is 67.4. The van der Waals surface area contributed by atoms with E-state index < -0.39 is 6.10 Å². The van der Waals surface area contributed by atoms with Crippen LogP contribution in [0.4, 0.5) is 0 Å². The molecule has 0 bridgehead atoms. The summed E-state index contributed by atoms with van der Waals surface area (Å²) in [6, 6.07) is 0. The van der Waals surface area contributed by atoms with Gasteiger partial charge in [0.05, 0.1) is 0 Å². The van der Waals surface area contributed by atoms with Crippen molar-refractivity contribution in [3.63, 3.8) is 0 Å². The zero-order valence-corrected chi connectivity index (χ0v) is 47.5. The first-order valence-corrected chi connectivity index (χ1v) is 31.3. The molecule has 69 heavy (non-hydrogen) atoms. The monoisotopic (exact) mass is 975 g/mol. The predicted molar refractivity (Wildman–Crippen MR) is 298 cm³/mol. The number of esters is 3. The van der Waals surface area contributed by atoms with Crippen molar-refractivity contribution in [1.29, 1.82) is 0 Å². The minimum absolute atomic E-state index is 0.0623. The minimum Gasteiger partial charge on any atom is -0.462 e. The summed E-state index contributed by atoms with van der Waals surface area (Å²) in [4.78, 5) is 38.3. The fourth-order valence-corrected chi connectivity index (χ4v) is 9.73. The minimum atomic E-state index is -0.764. The van der Waals surface area contributed by atoms with Crippen molar-refractivity contribution in [2.75, 3.05) is 13.2 Å². The molecule has 0 amide bonds. The molecule has 410 valence electrons. The number of carbonyl (C=O) groups is 3. The van der Waals surface area contributed by atoms with Crippen LogP contribution in [-0.4, -0.2) is 37.2 Å². The zero-order chi connectivity index (χ0) is 50.4. The molecule has 0 aliphatic carbocycles. The summed E-state index contributed by atoms with van der Waals surface area (Å²) in [5.74, 6) is 0.886. The van der Waals surface area contributed by atoms with E-state index in [1.165, 1.54) is 244 Å². The number of carbonyl (C=O) groups excluding carboxylic acids is 3. The Kier molecular flexibility index (Phi) is 54.4. The molecule has 0 rings (SSSR count). The van der Waals surface area contributed by atoms with E-state index >= 15 is 0 Å². The van der Waals surface area contributed by atoms with Gasteiger partial charge >= 0.3 is 17.9 Å². The van der Waals surface area contributed by atoms with Gasteiger partial charge in [0.2, 0.25) is 0 Å². The molecule has 2 atom stereocenters. The van der Waals surface area contributed by atoms with Gasteiger partial charge in [0.15, 0.2) is 6.10 Å². The Morgan fingerprint density at radius 2 is 0.551 bits per heavy atom. The van der Waals surface area contributed by atoms with Crippen LogP contribution in [-0.2, 0) is 28.6 Å². The standard InChI is InChI=1S/C63H122O6/c1-6-8-9-10-11-12-13-14-15-16-17-18-19-23-28-33-38-43-48-53-61(64)67-56-60(69-63(66)55-50-45-40-35-30-25-26-31-36-41-46-51-58(3)4)57-68-62(65)54-49-44-39-34-29-24-21-20-22-27-32-37-42-47-52-59(5)7-2/h58-60H,6-57H2,1-5H3/t59?,60-/m1/s1. The van der Waals surface area contributed by atoms with Gasteiger partial charge in [-0.3, -0.25) is 14.4 Å². The van der Waals surface area contributed by atoms with Crippen LogP contribution in [0.5, 0.6) is 0 Å². The Morgan fingerprint density at radius 3 is 0.826 bits per heavy atom. The molecule has 0 fully saturated rings. The van der Waals surface area contributed by atoms with Crippen LogP contribution in [0, 0.1) is 11.8 Å². The Bertz CT molecular complexity index is 1060. The molecule has 0 radical (unpaired) electrons. The predicted octanol–water partition coefficient (Wildman–Crippen LogP) is 20.8. The lowest BCUT2D eigenvalue weighted by atomic mass is 9.99. The summed E-state index contributed by atoms with van der Waals surface area (Å²) < 4.78 is 16.9. The van der Waals surface area contributed by atoms with Crippen LogP contribution < -0.4 is 0 Å². The third kappa shape index (κ3) is 55.6. The molecule has 0 spiro atoms. The normalized spacial score (nSPS) is 12.4. The second-order valence-corrected chi connectivity index (χ2v) is 22.4. The SMILES string of the molecule is CCCCCCCCCCCCCCCCCCCCCC(=O)OC[C@H](COC(=O)CCCCCCCCCCCCCCCCC(C)CC)OC(=O)CCCCCCCCCCCCCC(C)C. The Labute approximate surface area is 431 Å². The summed E-state index contributed by atoms with van der Waals surface area (Å²) >= 11 is 0. The average Bonchev–Trinajstić information content (AvgIpc) is 3.34. The average molecular weight is 976 g/mol. The first-order valence-electron chi connectivity index (χ1n) is 31.3. The molecular formula is C63H122O6. The topological polar surface area (TPSA) is 78.9 Å². The molecular weight excluding hydrogens is 853 g/mol. The number of ether oxygens (including phenoxy) is 3. The fourth-order valence-electron chi connectivity index (χ4n) is 9.73. The molecule has 1 unspecified atom stereocenters. The third-order valence-corrected chi connectivity index (χ3v) is 14.8. The maximum atomic E-state index is 12.9. The smallest absolute Gasteiger partial charge is 0.306 e. The zero-order valence-electron chi connectivity index (χ0n) is 47.5. The lowest BCUT2D eigenvalue weighted by Gasteiger charge is -2.18. The summed E-state index contributed by atoms with van der Waals surface area (Å²) in [6.07, 6.45) is 60.9. The maximum absolute atomic E-state index is 12.9. The van der Waals surface area contributed by atoms with E-state index in [9.17, 15) is 14.4 Å². The second-order valence-electron chi connectivity index (χ2n) is 22.4. The Hall–Kier alpha value is -1.59. The lowest BCUT2D eigenvalue weighted by Crippen LogP contribution is -2.30. The van der Waals surface area contributed by atoms with Gasteiger partial charge in [0.1, 0.15) is 13.2 Å². The first-order chi connectivity index (χ1) is 33.8. The van der Waals surface area contributed by atoms with Gasteiger partial charge in [-0.2, -0.15) is 0 Å². The molecule has 0 aromatic carbocycles. The number of rotatable bonds is 57. The van der Waals surface area contributed by atoms with E-state index in [-0.39, 0.29) is 31.1 Å². The van der Waals surface area contributed by atoms with Crippen molar-refractivity contribution < 1.29 is 28.6 Å². The van der Waals surface area contributed by atoms with Gasteiger partial charge < -0.3 is 14.2 Å².